The summed E-state index contributed by atoms with van der Waals surface area (Å²) in [6, 6.07) is -1.01. The second-order valence-corrected chi connectivity index (χ2v) is 4.76. The molecule has 1 heterocycles. The molecule has 4 N–H and O–H groups in total. The lowest BCUT2D eigenvalue weighted by Gasteiger charge is -2.18. The zero-order chi connectivity index (χ0) is 14.4. The smallest absolute Gasteiger partial charge is 0.321 e. The van der Waals surface area contributed by atoms with E-state index in [1.165, 1.54) is 0 Å². The number of imide groups is 1. The van der Waals surface area contributed by atoms with Gasteiger partial charge in [0.15, 0.2) is 0 Å². The maximum Gasteiger partial charge on any atom is 0.321 e. The minimum absolute atomic E-state index is 0.0130. The first-order valence-electron chi connectivity index (χ1n) is 6.26. The maximum atomic E-state index is 11.8. The van der Waals surface area contributed by atoms with E-state index >= 15 is 0 Å². The standard InChI is InChI=1S/C12H21N5O2/c1-7(2)15-12(19)17-11(18)9(4)16-8(3)10-5-13-14-6-10/h5-9,16H,1-4H3,(H,13,14)(H2,15,17,18,19). The van der Waals surface area contributed by atoms with Gasteiger partial charge in [0.25, 0.3) is 0 Å². The van der Waals surface area contributed by atoms with E-state index in [1.807, 2.05) is 20.8 Å². The van der Waals surface area contributed by atoms with Crippen LogP contribution in [0.4, 0.5) is 4.79 Å². The molecule has 2 atom stereocenters. The van der Waals surface area contributed by atoms with Gasteiger partial charge in [-0.3, -0.25) is 20.5 Å². The third kappa shape index (κ3) is 5.09. The number of urea groups is 1. The Kier molecular flexibility index (Phi) is 5.50. The van der Waals surface area contributed by atoms with Crippen molar-refractivity contribution in [1.29, 1.82) is 0 Å². The van der Waals surface area contributed by atoms with Crippen LogP contribution in [0, 0.1) is 0 Å². The molecule has 7 heteroatoms. The van der Waals surface area contributed by atoms with E-state index < -0.39 is 12.1 Å². The van der Waals surface area contributed by atoms with Crippen molar-refractivity contribution in [1.82, 2.24) is 26.1 Å². The Labute approximate surface area is 112 Å². The van der Waals surface area contributed by atoms with Crippen molar-refractivity contribution in [3.8, 4) is 0 Å². The minimum Gasteiger partial charge on any atom is -0.336 e. The van der Waals surface area contributed by atoms with Crippen molar-refractivity contribution in [2.75, 3.05) is 0 Å². The largest absolute Gasteiger partial charge is 0.336 e. The molecule has 19 heavy (non-hydrogen) atoms. The zero-order valence-electron chi connectivity index (χ0n) is 11.7. The summed E-state index contributed by atoms with van der Waals surface area (Å²) >= 11 is 0. The number of H-pyrrole nitrogens is 1. The zero-order valence-corrected chi connectivity index (χ0v) is 11.7. The summed E-state index contributed by atoms with van der Waals surface area (Å²) in [5.41, 5.74) is 0.950. The quantitative estimate of drug-likeness (QED) is 0.630. The predicted octanol–water partition coefficient (Wildman–Crippen LogP) is 0.683. The second-order valence-electron chi connectivity index (χ2n) is 4.76. The highest BCUT2D eigenvalue weighted by molar-refractivity contribution is 5.96. The molecule has 3 amide bonds. The van der Waals surface area contributed by atoms with Crippen molar-refractivity contribution in [2.45, 2.75) is 45.8 Å². The van der Waals surface area contributed by atoms with Gasteiger partial charge in [0.2, 0.25) is 5.91 Å². The van der Waals surface area contributed by atoms with Crippen LogP contribution < -0.4 is 16.0 Å². The van der Waals surface area contributed by atoms with Crippen molar-refractivity contribution >= 4 is 11.9 Å². The topological polar surface area (TPSA) is 98.9 Å². The molecule has 1 aromatic rings. The Morgan fingerprint density at radius 2 is 1.95 bits per heavy atom. The van der Waals surface area contributed by atoms with E-state index in [-0.39, 0.29) is 18.0 Å². The Morgan fingerprint density at radius 1 is 1.26 bits per heavy atom. The molecule has 0 aromatic carbocycles. The summed E-state index contributed by atoms with van der Waals surface area (Å²) in [5.74, 6) is -0.367. The molecule has 0 aliphatic heterocycles. The third-order valence-electron chi connectivity index (χ3n) is 2.57. The normalized spacial score (nSPS) is 13.9. The third-order valence-corrected chi connectivity index (χ3v) is 2.57. The number of nitrogens with zero attached hydrogens (tertiary/aromatic N) is 1. The van der Waals surface area contributed by atoms with Crippen molar-refractivity contribution < 1.29 is 9.59 Å². The minimum atomic E-state index is -0.484. The summed E-state index contributed by atoms with van der Waals surface area (Å²) in [4.78, 5) is 23.2. The van der Waals surface area contributed by atoms with Crippen LogP contribution in [0.25, 0.3) is 0 Å². The van der Waals surface area contributed by atoms with E-state index in [0.29, 0.717) is 0 Å². The first kappa shape index (κ1) is 15.2. The average Bonchev–Trinajstić information content (AvgIpc) is 2.80. The number of aromatic amines is 1. The molecule has 0 aliphatic rings. The molecule has 0 fully saturated rings. The van der Waals surface area contributed by atoms with Crippen LogP contribution in [-0.4, -0.2) is 34.2 Å². The van der Waals surface area contributed by atoms with Gasteiger partial charge < -0.3 is 5.32 Å². The molecule has 0 saturated carbocycles. The molecule has 0 spiro atoms. The number of hydrogen-bond donors (Lipinski definition) is 4. The number of aromatic nitrogens is 2. The molecule has 0 saturated heterocycles. The maximum absolute atomic E-state index is 11.8. The molecule has 0 radical (unpaired) electrons. The molecular formula is C12H21N5O2. The number of carbonyl (C=O) groups excluding carboxylic acids is 2. The van der Waals surface area contributed by atoms with Crippen molar-refractivity contribution in [3.05, 3.63) is 18.0 Å². The molecule has 1 aromatic heterocycles. The number of carbonyl (C=O) groups is 2. The fourth-order valence-electron chi connectivity index (χ4n) is 1.56. The van der Waals surface area contributed by atoms with Crippen LogP contribution in [0.1, 0.15) is 39.3 Å². The van der Waals surface area contributed by atoms with Crippen molar-refractivity contribution in [3.63, 3.8) is 0 Å². The van der Waals surface area contributed by atoms with E-state index in [0.717, 1.165) is 5.56 Å². The van der Waals surface area contributed by atoms with Crippen LogP contribution in [-0.2, 0) is 4.79 Å². The lowest BCUT2D eigenvalue weighted by molar-refractivity contribution is -0.121. The summed E-state index contributed by atoms with van der Waals surface area (Å²) in [6.45, 7) is 7.27. The van der Waals surface area contributed by atoms with Crippen LogP contribution in [0.3, 0.4) is 0 Å². The predicted molar refractivity (Wildman–Crippen MR) is 71.4 cm³/mol. The number of hydrogen-bond acceptors (Lipinski definition) is 4. The summed E-state index contributed by atoms with van der Waals surface area (Å²) in [5, 5.41) is 14.5. The van der Waals surface area contributed by atoms with Gasteiger partial charge in [-0.15, -0.1) is 0 Å². The highest BCUT2D eigenvalue weighted by atomic mass is 16.2. The average molecular weight is 267 g/mol. The number of rotatable bonds is 5. The Morgan fingerprint density at radius 3 is 2.47 bits per heavy atom. The monoisotopic (exact) mass is 267 g/mol. The van der Waals surface area contributed by atoms with E-state index in [9.17, 15) is 9.59 Å². The van der Waals surface area contributed by atoms with Gasteiger partial charge in [-0.1, -0.05) is 0 Å². The Hall–Kier alpha value is -1.89. The fourth-order valence-corrected chi connectivity index (χ4v) is 1.56. The van der Waals surface area contributed by atoms with Crippen LogP contribution >= 0.6 is 0 Å². The van der Waals surface area contributed by atoms with Gasteiger partial charge in [0.05, 0.1) is 12.2 Å². The number of nitrogens with one attached hydrogen (secondary N) is 4. The van der Waals surface area contributed by atoms with Gasteiger partial charge in [-0.2, -0.15) is 5.10 Å². The van der Waals surface area contributed by atoms with Crippen LogP contribution in [0.2, 0.25) is 0 Å². The molecular weight excluding hydrogens is 246 g/mol. The van der Waals surface area contributed by atoms with E-state index in [4.69, 9.17) is 0 Å². The molecule has 106 valence electrons. The molecule has 1 rings (SSSR count). The molecule has 0 aliphatic carbocycles. The lowest BCUT2D eigenvalue weighted by Crippen LogP contribution is -2.49. The van der Waals surface area contributed by atoms with E-state index in [2.05, 4.69) is 26.1 Å². The molecule has 7 nitrogen and oxygen atoms in total. The SMILES string of the molecule is CC(C)NC(=O)NC(=O)C(C)NC(C)c1cn[nH]c1. The second kappa shape index (κ2) is 6.89. The number of amides is 3. The highest BCUT2D eigenvalue weighted by Gasteiger charge is 2.18. The van der Waals surface area contributed by atoms with Crippen molar-refractivity contribution in [2.24, 2.45) is 0 Å². The molecule has 0 bridgehead atoms. The summed E-state index contributed by atoms with van der Waals surface area (Å²) < 4.78 is 0. The first-order valence-corrected chi connectivity index (χ1v) is 6.26. The van der Waals surface area contributed by atoms with Crippen LogP contribution in [0.5, 0.6) is 0 Å². The Bertz CT molecular complexity index is 416. The van der Waals surface area contributed by atoms with Gasteiger partial charge in [-0.25, -0.2) is 4.79 Å². The first-order chi connectivity index (χ1) is 8.90. The highest BCUT2D eigenvalue weighted by Crippen LogP contribution is 2.09. The fraction of sp³-hybridized carbons (Fsp3) is 0.583. The lowest BCUT2D eigenvalue weighted by atomic mass is 10.1. The molecule has 2 unspecified atom stereocenters. The Balaban J connectivity index is 2.42. The van der Waals surface area contributed by atoms with Gasteiger partial charge in [-0.05, 0) is 27.7 Å². The van der Waals surface area contributed by atoms with Crippen LogP contribution in [0.15, 0.2) is 12.4 Å². The van der Waals surface area contributed by atoms with Gasteiger partial charge in [0.1, 0.15) is 0 Å². The van der Waals surface area contributed by atoms with E-state index in [1.54, 1.807) is 19.3 Å². The van der Waals surface area contributed by atoms with Gasteiger partial charge in [0, 0.05) is 23.8 Å². The van der Waals surface area contributed by atoms with Gasteiger partial charge >= 0.3 is 6.03 Å². The summed E-state index contributed by atoms with van der Waals surface area (Å²) in [7, 11) is 0. The summed E-state index contributed by atoms with van der Waals surface area (Å²) in [6.07, 6.45) is 3.45.